The molecule has 2 heterocycles. The molecule has 170 valence electrons. The highest BCUT2D eigenvalue weighted by Gasteiger charge is 2.24. The van der Waals surface area contributed by atoms with Crippen LogP contribution in [-0.4, -0.2) is 55.9 Å². The van der Waals surface area contributed by atoms with Crippen molar-refractivity contribution in [2.45, 2.75) is 57.1 Å². The van der Waals surface area contributed by atoms with Gasteiger partial charge < -0.3 is 9.64 Å². The van der Waals surface area contributed by atoms with Crippen LogP contribution in [0.1, 0.15) is 43.6 Å². The molecule has 0 radical (unpaired) electrons. The molecule has 1 saturated heterocycles. The highest BCUT2D eigenvalue weighted by molar-refractivity contribution is 7.89. The lowest BCUT2D eigenvalue weighted by molar-refractivity contribution is -0.133. The van der Waals surface area contributed by atoms with Crippen LogP contribution in [0, 0.1) is 0 Å². The Morgan fingerprint density at radius 2 is 1.90 bits per heavy atom. The summed E-state index contributed by atoms with van der Waals surface area (Å²) in [6.45, 7) is 6.56. The van der Waals surface area contributed by atoms with E-state index in [0.29, 0.717) is 43.9 Å². The number of hydrogen-bond acceptors (Lipinski definition) is 5. The van der Waals surface area contributed by atoms with Gasteiger partial charge in [0.15, 0.2) is 0 Å². The van der Waals surface area contributed by atoms with Gasteiger partial charge in [-0.1, -0.05) is 32.0 Å². The van der Waals surface area contributed by atoms with E-state index in [9.17, 15) is 13.2 Å². The summed E-state index contributed by atoms with van der Waals surface area (Å²) in [6.07, 6.45) is 3.14. The minimum atomic E-state index is -3.46. The number of hydrogen-bond donors (Lipinski definition) is 0. The first kappa shape index (κ1) is 23.9. The Bertz CT molecular complexity index is 917. The van der Waals surface area contributed by atoms with Gasteiger partial charge in [0, 0.05) is 37.5 Å². The fraction of sp³-hybridized carbons (Fsp3) is 0.522. The quantitative estimate of drug-likeness (QED) is 0.506. The van der Waals surface area contributed by atoms with Gasteiger partial charge in [0.05, 0.1) is 17.5 Å². The number of thiophene rings is 1. The predicted molar refractivity (Wildman–Crippen MR) is 124 cm³/mol. The number of amides is 1. The second kappa shape index (κ2) is 11.2. The highest BCUT2D eigenvalue weighted by Crippen LogP contribution is 2.20. The topological polar surface area (TPSA) is 66.9 Å². The molecule has 6 nitrogen and oxygen atoms in total. The first-order chi connectivity index (χ1) is 14.9. The van der Waals surface area contributed by atoms with Gasteiger partial charge in [0.2, 0.25) is 15.9 Å². The Balaban J connectivity index is 1.61. The molecule has 1 aliphatic rings. The van der Waals surface area contributed by atoms with E-state index >= 15 is 0 Å². The molecule has 0 N–H and O–H groups in total. The number of nitrogens with zero attached hydrogens (tertiary/aromatic N) is 2. The zero-order valence-electron chi connectivity index (χ0n) is 18.3. The average Bonchev–Trinajstić information content (AvgIpc) is 3.47. The number of ether oxygens (including phenoxy) is 1. The molecule has 1 aromatic heterocycles. The van der Waals surface area contributed by atoms with E-state index in [1.54, 1.807) is 23.5 Å². The van der Waals surface area contributed by atoms with Crippen molar-refractivity contribution in [2.75, 3.05) is 26.2 Å². The number of rotatable bonds is 11. The van der Waals surface area contributed by atoms with E-state index in [1.165, 1.54) is 4.31 Å². The molecule has 1 aromatic carbocycles. The fourth-order valence-corrected chi connectivity index (χ4v) is 6.01. The third-order valence-electron chi connectivity index (χ3n) is 5.62. The summed E-state index contributed by atoms with van der Waals surface area (Å²) in [5.74, 6) is 0.101. The van der Waals surface area contributed by atoms with E-state index in [-0.39, 0.29) is 12.0 Å². The number of sulfonamides is 1. The van der Waals surface area contributed by atoms with E-state index < -0.39 is 10.0 Å². The number of carbonyl (C=O) groups excluding carboxylic acids is 1. The van der Waals surface area contributed by atoms with Crippen LogP contribution in [0.15, 0.2) is 46.7 Å². The minimum Gasteiger partial charge on any atom is -0.376 e. The van der Waals surface area contributed by atoms with E-state index in [1.807, 2.05) is 42.3 Å². The molecule has 1 fully saturated rings. The third-order valence-corrected chi connectivity index (χ3v) is 8.55. The first-order valence-corrected chi connectivity index (χ1v) is 13.3. The Morgan fingerprint density at radius 3 is 2.48 bits per heavy atom. The molecular formula is C23H32N2O4S2. The molecule has 1 atom stereocenters. The Hall–Kier alpha value is -1.74. The van der Waals surface area contributed by atoms with Crippen molar-refractivity contribution in [1.82, 2.24) is 9.21 Å². The number of benzene rings is 1. The second-order valence-corrected chi connectivity index (χ2v) is 10.7. The van der Waals surface area contributed by atoms with Crippen LogP contribution in [0.2, 0.25) is 0 Å². The molecule has 2 aromatic rings. The molecule has 31 heavy (non-hydrogen) atoms. The van der Waals surface area contributed by atoms with Gasteiger partial charge in [-0.3, -0.25) is 4.79 Å². The van der Waals surface area contributed by atoms with Crippen molar-refractivity contribution in [3.8, 4) is 0 Å². The maximum absolute atomic E-state index is 13.0. The van der Waals surface area contributed by atoms with Crippen molar-refractivity contribution in [3.63, 3.8) is 0 Å². The van der Waals surface area contributed by atoms with Crippen molar-refractivity contribution in [1.29, 1.82) is 0 Å². The van der Waals surface area contributed by atoms with Crippen LogP contribution in [0.5, 0.6) is 0 Å². The molecule has 1 unspecified atom stereocenters. The van der Waals surface area contributed by atoms with Crippen LogP contribution >= 0.6 is 11.3 Å². The molecule has 0 bridgehead atoms. The van der Waals surface area contributed by atoms with Crippen molar-refractivity contribution < 1.29 is 17.9 Å². The Morgan fingerprint density at radius 1 is 1.16 bits per heavy atom. The van der Waals surface area contributed by atoms with Gasteiger partial charge in [0.1, 0.15) is 0 Å². The third kappa shape index (κ3) is 6.38. The number of aryl methyl sites for hydroxylation is 1. The van der Waals surface area contributed by atoms with Crippen LogP contribution in [0.3, 0.4) is 0 Å². The Kier molecular flexibility index (Phi) is 8.66. The zero-order valence-corrected chi connectivity index (χ0v) is 20.0. The average molecular weight is 465 g/mol. The standard InChI is InChI=1S/C23H32N2O4S2/c1-3-25(4-2)31(27,28)22-12-9-19(10-13-22)11-14-23(26)24(17-20-7-5-15-29-20)18-21-8-6-16-30-21/h6,8-10,12-13,16,20H,3-5,7,11,14-15,17-18H2,1-2H3. The highest BCUT2D eigenvalue weighted by atomic mass is 32.2. The molecule has 1 aliphatic heterocycles. The maximum Gasteiger partial charge on any atom is 0.243 e. The lowest BCUT2D eigenvalue weighted by Gasteiger charge is -2.25. The SMILES string of the molecule is CCN(CC)S(=O)(=O)c1ccc(CCC(=O)N(Cc2cccs2)CC2CCCO2)cc1. The summed E-state index contributed by atoms with van der Waals surface area (Å²) < 4.78 is 32.5. The lowest BCUT2D eigenvalue weighted by Crippen LogP contribution is -2.36. The van der Waals surface area contributed by atoms with Crippen LogP contribution < -0.4 is 0 Å². The van der Waals surface area contributed by atoms with Gasteiger partial charge >= 0.3 is 0 Å². The molecule has 8 heteroatoms. The smallest absolute Gasteiger partial charge is 0.243 e. The van der Waals surface area contributed by atoms with Gasteiger partial charge in [-0.25, -0.2) is 8.42 Å². The normalized spacial score (nSPS) is 16.7. The molecule has 3 rings (SSSR count). The summed E-state index contributed by atoms with van der Waals surface area (Å²) in [6, 6.07) is 11.0. The second-order valence-electron chi connectivity index (χ2n) is 7.72. The first-order valence-electron chi connectivity index (χ1n) is 10.9. The van der Waals surface area contributed by atoms with Crippen LogP contribution in [-0.2, 0) is 32.5 Å². The summed E-state index contributed by atoms with van der Waals surface area (Å²) in [7, 11) is -3.46. The molecule has 1 amide bonds. The van der Waals surface area contributed by atoms with E-state index in [2.05, 4.69) is 6.07 Å². The molecular weight excluding hydrogens is 432 g/mol. The zero-order chi connectivity index (χ0) is 22.3. The largest absolute Gasteiger partial charge is 0.376 e. The van der Waals surface area contributed by atoms with Gasteiger partial charge in [-0.2, -0.15) is 4.31 Å². The Labute approximate surface area is 189 Å². The van der Waals surface area contributed by atoms with Crippen LogP contribution in [0.4, 0.5) is 0 Å². The van der Waals surface area contributed by atoms with Gasteiger partial charge in [-0.15, -0.1) is 11.3 Å². The van der Waals surface area contributed by atoms with Crippen molar-refractivity contribution in [3.05, 3.63) is 52.2 Å². The van der Waals surface area contributed by atoms with E-state index in [4.69, 9.17) is 4.74 Å². The van der Waals surface area contributed by atoms with Gasteiger partial charge in [0.25, 0.3) is 0 Å². The summed E-state index contributed by atoms with van der Waals surface area (Å²) in [5.41, 5.74) is 0.958. The predicted octanol–water partition coefficient (Wildman–Crippen LogP) is 3.92. The lowest BCUT2D eigenvalue weighted by atomic mass is 10.1. The van der Waals surface area contributed by atoms with Gasteiger partial charge in [-0.05, 0) is 48.4 Å². The fourth-order valence-electron chi connectivity index (χ4n) is 3.83. The minimum absolute atomic E-state index is 0.101. The summed E-state index contributed by atoms with van der Waals surface area (Å²) >= 11 is 1.66. The molecule has 0 spiro atoms. The monoisotopic (exact) mass is 464 g/mol. The van der Waals surface area contributed by atoms with Crippen molar-refractivity contribution >= 4 is 27.3 Å². The summed E-state index contributed by atoms with van der Waals surface area (Å²) in [4.78, 5) is 16.4. The van der Waals surface area contributed by atoms with Crippen LogP contribution in [0.25, 0.3) is 0 Å². The number of carbonyl (C=O) groups is 1. The van der Waals surface area contributed by atoms with E-state index in [0.717, 1.165) is 29.9 Å². The summed E-state index contributed by atoms with van der Waals surface area (Å²) in [5, 5.41) is 2.03. The maximum atomic E-state index is 13.0. The molecule has 0 saturated carbocycles. The molecule has 0 aliphatic carbocycles. The van der Waals surface area contributed by atoms with Crippen molar-refractivity contribution in [2.24, 2.45) is 0 Å².